The smallest absolute Gasteiger partial charge is 0.305 e. The molecule has 0 aliphatic carbocycles. The number of aliphatic carboxylic acids is 1. The Hall–Kier alpha value is -3.35. The molecule has 0 spiro atoms. The van der Waals surface area contributed by atoms with Crippen molar-refractivity contribution in [3.8, 4) is 0 Å². The number of guanidine groups is 1. The van der Waals surface area contributed by atoms with Crippen LogP contribution in [-0.2, 0) is 23.9 Å². The van der Waals surface area contributed by atoms with E-state index in [2.05, 4.69) is 15.6 Å². The fourth-order valence-electron chi connectivity index (χ4n) is 2.19. The maximum atomic E-state index is 12.2. The van der Waals surface area contributed by atoms with Crippen LogP contribution in [0.25, 0.3) is 0 Å². The molecule has 1 heterocycles. The molecule has 28 heavy (non-hydrogen) atoms. The zero-order valence-electron chi connectivity index (χ0n) is 15.2. The van der Waals surface area contributed by atoms with Gasteiger partial charge in [-0.2, -0.15) is 0 Å². The number of amides is 3. The van der Waals surface area contributed by atoms with Gasteiger partial charge in [-0.15, -0.1) is 0 Å². The van der Waals surface area contributed by atoms with E-state index < -0.39 is 48.7 Å². The molecule has 3 amide bonds. The maximum absolute atomic E-state index is 12.2. The summed E-state index contributed by atoms with van der Waals surface area (Å²) < 4.78 is 4.87. The number of carboxylic acid groups (broad SMARTS) is 1. The molecule has 1 aliphatic heterocycles. The molecule has 0 saturated carbocycles. The van der Waals surface area contributed by atoms with E-state index in [0.29, 0.717) is 19.4 Å². The van der Waals surface area contributed by atoms with E-state index in [0.717, 1.165) is 4.90 Å². The molecule has 1 rings (SSSR count). The number of nitrogens with two attached hydrogens (primary N) is 3. The van der Waals surface area contributed by atoms with Crippen LogP contribution in [0.1, 0.15) is 19.3 Å². The van der Waals surface area contributed by atoms with Crippen molar-refractivity contribution < 1.29 is 29.0 Å². The molecule has 0 fully saturated rings. The molecule has 9 N–H and O–H groups in total. The van der Waals surface area contributed by atoms with Gasteiger partial charge >= 0.3 is 5.97 Å². The predicted octanol–water partition coefficient (Wildman–Crippen LogP) is -3.27. The molecule has 0 aromatic heterocycles. The van der Waals surface area contributed by atoms with Gasteiger partial charge < -0.3 is 37.7 Å². The summed E-state index contributed by atoms with van der Waals surface area (Å²) in [6.45, 7) is -0.218. The van der Waals surface area contributed by atoms with Gasteiger partial charge in [-0.3, -0.25) is 29.1 Å². The fourth-order valence-corrected chi connectivity index (χ4v) is 2.19. The Bertz CT molecular complexity index is 647. The van der Waals surface area contributed by atoms with Crippen molar-refractivity contribution >= 4 is 29.7 Å². The quantitative estimate of drug-likeness (QED) is 0.116. The molecular formula is C15H25N7O6. The largest absolute Gasteiger partial charge is 0.481 e. The van der Waals surface area contributed by atoms with E-state index >= 15 is 0 Å². The number of carbonyl (C=O) groups excluding carboxylic acids is 3. The Labute approximate surface area is 160 Å². The number of nitrogens with one attached hydrogen (secondary N) is 2. The molecule has 156 valence electrons. The standard InChI is InChI=1S/C15H25N7O6/c16-9(2-1-3-19-15(17)18)13(26)20-7-11(23)21-10(6-12(24)25)14(27)22-4-5-28-8-22/h4-5,9-10H,1-3,6-8,16H2,(H,20,26)(H,21,23)(H,24,25)(H4,17,18,19)/t9-,10-/m0/s1. The van der Waals surface area contributed by atoms with Gasteiger partial charge in [0.25, 0.3) is 5.91 Å². The molecule has 13 heteroatoms. The van der Waals surface area contributed by atoms with Crippen molar-refractivity contribution in [3.63, 3.8) is 0 Å². The lowest BCUT2D eigenvalue weighted by Crippen LogP contribution is -2.51. The fraction of sp³-hybridized carbons (Fsp3) is 0.533. The topological polar surface area (TPSA) is 215 Å². The number of aliphatic imine (C=N–C) groups is 1. The Morgan fingerprint density at radius 2 is 2.00 bits per heavy atom. The molecule has 0 saturated heterocycles. The van der Waals surface area contributed by atoms with Crippen molar-refractivity contribution in [2.45, 2.75) is 31.3 Å². The van der Waals surface area contributed by atoms with Crippen LogP contribution in [0, 0.1) is 0 Å². The first-order valence-corrected chi connectivity index (χ1v) is 8.39. The number of ether oxygens (including phenoxy) is 1. The number of carboxylic acids is 1. The zero-order chi connectivity index (χ0) is 21.1. The molecule has 1 aliphatic rings. The molecule has 0 radical (unpaired) electrons. The van der Waals surface area contributed by atoms with E-state index in [1.165, 1.54) is 12.5 Å². The van der Waals surface area contributed by atoms with Crippen LogP contribution in [0.5, 0.6) is 0 Å². The van der Waals surface area contributed by atoms with Crippen LogP contribution in [0.2, 0.25) is 0 Å². The Morgan fingerprint density at radius 1 is 1.29 bits per heavy atom. The monoisotopic (exact) mass is 399 g/mol. The lowest BCUT2D eigenvalue weighted by molar-refractivity contribution is -0.143. The third-order valence-electron chi connectivity index (χ3n) is 3.57. The van der Waals surface area contributed by atoms with Crippen LogP contribution in [0.3, 0.4) is 0 Å². The van der Waals surface area contributed by atoms with Crippen LogP contribution in [0.15, 0.2) is 17.5 Å². The average molecular weight is 399 g/mol. The third kappa shape index (κ3) is 8.35. The summed E-state index contributed by atoms with van der Waals surface area (Å²) in [6, 6.07) is -2.17. The Morgan fingerprint density at radius 3 is 2.57 bits per heavy atom. The molecule has 0 bridgehead atoms. The van der Waals surface area contributed by atoms with E-state index in [4.69, 9.17) is 27.0 Å². The van der Waals surface area contributed by atoms with Crippen LogP contribution < -0.4 is 27.8 Å². The molecular weight excluding hydrogens is 374 g/mol. The summed E-state index contributed by atoms with van der Waals surface area (Å²) in [5.41, 5.74) is 16.1. The van der Waals surface area contributed by atoms with Gasteiger partial charge in [-0.1, -0.05) is 0 Å². The minimum atomic E-state index is -1.30. The van der Waals surface area contributed by atoms with E-state index in [-0.39, 0.29) is 12.7 Å². The maximum Gasteiger partial charge on any atom is 0.305 e. The molecule has 13 nitrogen and oxygen atoms in total. The second kappa shape index (κ2) is 11.4. The highest BCUT2D eigenvalue weighted by atomic mass is 16.5. The highest BCUT2D eigenvalue weighted by Crippen LogP contribution is 2.06. The molecule has 0 unspecified atom stereocenters. The van der Waals surface area contributed by atoms with Gasteiger partial charge in [0.1, 0.15) is 12.3 Å². The zero-order valence-corrected chi connectivity index (χ0v) is 15.2. The first kappa shape index (κ1) is 22.7. The van der Waals surface area contributed by atoms with E-state index in [9.17, 15) is 19.2 Å². The number of nitrogens with zero attached hydrogens (tertiary/aromatic N) is 2. The van der Waals surface area contributed by atoms with Crippen LogP contribution in [-0.4, -0.2) is 71.6 Å². The van der Waals surface area contributed by atoms with Gasteiger partial charge in [0.2, 0.25) is 11.8 Å². The molecule has 0 aromatic rings. The molecule has 2 atom stereocenters. The Balaban J connectivity index is 2.45. The summed E-state index contributed by atoms with van der Waals surface area (Å²) in [4.78, 5) is 51.9. The van der Waals surface area contributed by atoms with Crippen LogP contribution >= 0.6 is 0 Å². The summed E-state index contributed by atoms with van der Waals surface area (Å²) in [6.07, 6.45) is 2.75. The lowest BCUT2D eigenvalue weighted by Gasteiger charge is -2.21. The van der Waals surface area contributed by atoms with Crippen molar-refractivity contribution in [3.05, 3.63) is 12.5 Å². The second-order valence-corrected chi connectivity index (χ2v) is 5.88. The van der Waals surface area contributed by atoms with Gasteiger partial charge in [-0.25, -0.2) is 0 Å². The molecule has 0 aromatic carbocycles. The van der Waals surface area contributed by atoms with Crippen molar-refractivity contribution in [2.75, 3.05) is 19.8 Å². The van der Waals surface area contributed by atoms with Gasteiger partial charge in [0.15, 0.2) is 12.7 Å². The normalized spacial score (nSPS) is 14.5. The second-order valence-electron chi connectivity index (χ2n) is 5.88. The van der Waals surface area contributed by atoms with Crippen molar-refractivity contribution in [1.82, 2.24) is 15.5 Å². The predicted molar refractivity (Wildman–Crippen MR) is 97.0 cm³/mol. The van der Waals surface area contributed by atoms with E-state index in [1.54, 1.807) is 0 Å². The van der Waals surface area contributed by atoms with E-state index in [1.807, 2.05) is 0 Å². The third-order valence-corrected chi connectivity index (χ3v) is 3.57. The minimum absolute atomic E-state index is 0.0591. The van der Waals surface area contributed by atoms with Crippen molar-refractivity contribution in [2.24, 2.45) is 22.2 Å². The van der Waals surface area contributed by atoms with Gasteiger partial charge in [0.05, 0.1) is 19.0 Å². The van der Waals surface area contributed by atoms with Gasteiger partial charge in [0, 0.05) is 12.7 Å². The SMILES string of the molecule is NC(N)=NCCC[C@H](N)C(=O)NCC(=O)N[C@@H](CC(=O)O)C(=O)N1C=COC1. The average Bonchev–Trinajstić information content (AvgIpc) is 3.16. The van der Waals surface area contributed by atoms with Crippen LogP contribution in [0.4, 0.5) is 0 Å². The number of hydrogen-bond donors (Lipinski definition) is 6. The van der Waals surface area contributed by atoms with Gasteiger partial charge in [-0.05, 0) is 12.8 Å². The highest BCUT2D eigenvalue weighted by Gasteiger charge is 2.29. The lowest BCUT2D eigenvalue weighted by atomic mass is 10.1. The Kier molecular flexibility index (Phi) is 9.22. The summed E-state index contributed by atoms with van der Waals surface area (Å²) in [5, 5.41) is 13.5. The summed E-state index contributed by atoms with van der Waals surface area (Å²) in [5.74, 6) is -3.28. The number of hydrogen-bond acceptors (Lipinski definition) is 7. The minimum Gasteiger partial charge on any atom is -0.481 e. The first-order chi connectivity index (χ1) is 13.2. The van der Waals surface area contributed by atoms with Crippen molar-refractivity contribution in [1.29, 1.82) is 0 Å². The number of carbonyl (C=O) groups is 4. The number of rotatable bonds is 11. The summed E-state index contributed by atoms with van der Waals surface area (Å²) >= 11 is 0. The first-order valence-electron chi connectivity index (χ1n) is 8.39. The highest BCUT2D eigenvalue weighted by molar-refractivity contribution is 5.93. The summed E-state index contributed by atoms with van der Waals surface area (Å²) in [7, 11) is 0.